The van der Waals surface area contributed by atoms with Crippen LogP contribution in [0.1, 0.15) is 11.3 Å². The monoisotopic (exact) mass is 388 g/mol. The Hall–Kier alpha value is -2.25. The largest absolute Gasteiger partial charge is 0.481 e. The summed E-state index contributed by atoms with van der Waals surface area (Å²) in [4.78, 5) is 29.6. The van der Waals surface area contributed by atoms with E-state index in [4.69, 9.17) is 5.11 Å². The van der Waals surface area contributed by atoms with E-state index in [2.05, 4.69) is 11.0 Å². The topological polar surface area (TPSA) is 60.9 Å². The zero-order chi connectivity index (χ0) is 19.0. The summed E-state index contributed by atoms with van der Waals surface area (Å²) in [6, 6.07) is 10.7. The highest BCUT2D eigenvalue weighted by atomic mass is 32.1. The third kappa shape index (κ3) is 4.04. The van der Waals surface area contributed by atoms with Gasteiger partial charge in [0.2, 0.25) is 5.91 Å². The molecule has 1 saturated heterocycles. The number of nitrogens with zero attached hydrogens (tertiary/aromatic N) is 2. The second-order valence-electron chi connectivity index (χ2n) is 7.16. The molecule has 1 saturated carbocycles. The van der Waals surface area contributed by atoms with E-state index in [1.807, 2.05) is 12.1 Å². The number of rotatable bonds is 5. The summed E-state index contributed by atoms with van der Waals surface area (Å²) in [7, 11) is 0. The van der Waals surface area contributed by atoms with E-state index in [0.29, 0.717) is 19.5 Å². The number of benzene rings is 1. The summed E-state index contributed by atoms with van der Waals surface area (Å²) in [5.74, 6) is -1.91. The van der Waals surface area contributed by atoms with E-state index in [-0.39, 0.29) is 17.6 Å². The first-order valence-electron chi connectivity index (χ1n) is 9.10. The van der Waals surface area contributed by atoms with Gasteiger partial charge in [-0.1, -0.05) is 12.1 Å². The molecule has 0 bridgehead atoms. The zero-order valence-corrected chi connectivity index (χ0v) is 15.6. The van der Waals surface area contributed by atoms with E-state index < -0.39 is 11.9 Å². The number of carboxylic acids is 1. The van der Waals surface area contributed by atoms with Crippen molar-refractivity contribution in [3.8, 4) is 10.4 Å². The minimum Gasteiger partial charge on any atom is -0.481 e. The van der Waals surface area contributed by atoms with E-state index in [1.165, 1.54) is 10.9 Å². The Bertz CT molecular complexity index is 860. The average Bonchev–Trinajstić information content (AvgIpc) is 3.34. The minimum atomic E-state index is -0.862. The van der Waals surface area contributed by atoms with E-state index in [0.717, 1.165) is 30.1 Å². The molecule has 2 heterocycles. The Kier molecular flexibility index (Phi) is 4.97. The Labute approximate surface area is 161 Å². The molecule has 0 unspecified atom stereocenters. The van der Waals surface area contributed by atoms with Crippen LogP contribution < -0.4 is 0 Å². The Morgan fingerprint density at radius 1 is 1.11 bits per heavy atom. The minimum absolute atomic E-state index is 0.00781. The maximum atomic E-state index is 13.4. The van der Waals surface area contributed by atoms with Crippen LogP contribution in [0, 0.1) is 17.7 Å². The molecule has 0 spiro atoms. The van der Waals surface area contributed by atoms with E-state index in [1.54, 1.807) is 28.4 Å². The molecule has 0 radical (unpaired) electrons. The van der Waals surface area contributed by atoms with Crippen molar-refractivity contribution >= 4 is 23.2 Å². The van der Waals surface area contributed by atoms with Crippen LogP contribution in [0.5, 0.6) is 0 Å². The number of hydrogen-bond acceptors (Lipinski definition) is 4. The fraction of sp³-hybridized carbons (Fsp3) is 0.400. The second-order valence-corrected chi connectivity index (χ2v) is 8.33. The third-order valence-electron chi connectivity index (χ3n) is 5.26. The summed E-state index contributed by atoms with van der Waals surface area (Å²) in [6.07, 6.45) is 0.479. The van der Waals surface area contributed by atoms with Crippen molar-refractivity contribution in [2.45, 2.75) is 13.0 Å². The number of amides is 1. The van der Waals surface area contributed by atoms with Crippen molar-refractivity contribution in [1.29, 1.82) is 0 Å². The molecule has 1 amide bonds. The van der Waals surface area contributed by atoms with Crippen LogP contribution in [-0.4, -0.2) is 53.0 Å². The lowest BCUT2D eigenvalue weighted by Gasteiger charge is -2.34. The molecule has 2 fully saturated rings. The first kappa shape index (κ1) is 18.1. The summed E-state index contributed by atoms with van der Waals surface area (Å²) >= 11 is 1.66. The summed E-state index contributed by atoms with van der Waals surface area (Å²) in [6.45, 7) is 3.66. The van der Waals surface area contributed by atoms with Crippen molar-refractivity contribution in [3.05, 3.63) is 47.1 Å². The van der Waals surface area contributed by atoms with Crippen molar-refractivity contribution < 1.29 is 19.1 Å². The maximum absolute atomic E-state index is 13.4. The Morgan fingerprint density at radius 2 is 1.89 bits per heavy atom. The van der Waals surface area contributed by atoms with Gasteiger partial charge in [0.25, 0.3) is 0 Å². The SMILES string of the molecule is O=C(O)[C@@H]1C[C@H]1C(=O)N1CCN(Cc2ccc(-c3cccc(F)c3)s2)CC1. The lowest BCUT2D eigenvalue weighted by atomic mass is 10.2. The number of hydrogen-bond donors (Lipinski definition) is 1. The summed E-state index contributed by atoms with van der Waals surface area (Å²) < 4.78 is 13.4. The molecule has 1 aliphatic heterocycles. The van der Waals surface area contributed by atoms with Crippen LogP contribution in [0.25, 0.3) is 10.4 Å². The van der Waals surface area contributed by atoms with Gasteiger partial charge in [0.15, 0.2) is 0 Å². The fourth-order valence-corrected chi connectivity index (χ4v) is 4.63. The van der Waals surface area contributed by atoms with Gasteiger partial charge < -0.3 is 10.0 Å². The van der Waals surface area contributed by atoms with Crippen LogP contribution in [0.15, 0.2) is 36.4 Å². The first-order chi connectivity index (χ1) is 13.0. The molecule has 27 heavy (non-hydrogen) atoms. The van der Waals surface area contributed by atoms with Gasteiger partial charge in [-0.25, -0.2) is 4.39 Å². The summed E-state index contributed by atoms with van der Waals surface area (Å²) in [5.41, 5.74) is 0.888. The molecule has 1 aromatic carbocycles. The van der Waals surface area contributed by atoms with Crippen LogP contribution in [-0.2, 0) is 16.1 Å². The molecule has 2 aromatic rings. The third-order valence-corrected chi connectivity index (χ3v) is 6.38. The predicted octanol–water partition coefficient (Wildman–Crippen LogP) is 2.92. The van der Waals surface area contributed by atoms with Crippen molar-refractivity contribution in [3.63, 3.8) is 0 Å². The Morgan fingerprint density at radius 3 is 2.56 bits per heavy atom. The van der Waals surface area contributed by atoms with Crippen LogP contribution in [0.2, 0.25) is 0 Å². The van der Waals surface area contributed by atoms with E-state index >= 15 is 0 Å². The maximum Gasteiger partial charge on any atom is 0.307 e. The molecule has 7 heteroatoms. The highest BCUT2D eigenvalue weighted by molar-refractivity contribution is 7.15. The molecular weight excluding hydrogens is 367 g/mol. The van der Waals surface area contributed by atoms with Gasteiger partial charge in [-0.3, -0.25) is 14.5 Å². The highest BCUT2D eigenvalue weighted by Gasteiger charge is 2.49. The average molecular weight is 388 g/mol. The van der Waals surface area contributed by atoms with Crippen molar-refractivity contribution in [2.75, 3.05) is 26.2 Å². The number of halogens is 1. The number of carboxylic acid groups (broad SMARTS) is 1. The van der Waals surface area contributed by atoms with Gasteiger partial charge in [0.05, 0.1) is 11.8 Å². The lowest BCUT2D eigenvalue weighted by molar-refractivity contribution is -0.142. The van der Waals surface area contributed by atoms with Crippen LogP contribution >= 0.6 is 11.3 Å². The number of carbonyl (C=O) groups is 2. The number of thiophene rings is 1. The quantitative estimate of drug-likeness (QED) is 0.856. The molecule has 2 atom stereocenters. The van der Waals surface area contributed by atoms with Gasteiger partial charge in [-0.2, -0.15) is 0 Å². The molecule has 1 aromatic heterocycles. The van der Waals surface area contributed by atoms with Crippen molar-refractivity contribution in [1.82, 2.24) is 9.80 Å². The Balaban J connectivity index is 1.30. The number of aliphatic carboxylic acids is 1. The van der Waals surface area contributed by atoms with Crippen LogP contribution in [0.3, 0.4) is 0 Å². The summed E-state index contributed by atoms with van der Waals surface area (Å²) in [5, 5.41) is 8.98. The highest BCUT2D eigenvalue weighted by Crippen LogP contribution is 2.40. The van der Waals surface area contributed by atoms with Crippen molar-refractivity contribution in [2.24, 2.45) is 11.8 Å². The predicted molar refractivity (Wildman–Crippen MR) is 101 cm³/mol. The zero-order valence-electron chi connectivity index (χ0n) is 14.8. The molecule has 2 aliphatic rings. The van der Waals surface area contributed by atoms with Gasteiger partial charge in [-0.15, -0.1) is 11.3 Å². The smallest absolute Gasteiger partial charge is 0.307 e. The number of carbonyl (C=O) groups excluding carboxylic acids is 1. The molecule has 1 N–H and O–H groups in total. The second kappa shape index (κ2) is 7.40. The normalized spacial score (nSPS) is 22.6. The fourth-order valence-electron chi connectivity index (χ4n) is 3.58. The molecule has 1 aliphatic carbocycles. The first-order valence-corrected chi connectivity index (χ1v) is 9.91. The number of piperazine rings is 1. The molecular formula is C20H21FN2O3S. The van der Waals surface area contributed by atoms with Gasteiger partial charge in [0, 0.05) is 42.5 Å². The van der Waals surface area contributed by atoms with Gasteiger partial charge in [0.1, 0.15) is 5.82 Å². The standard InChI is InChI=1S/C20H21FN2O3S/c21-14-3-1-2-13(10-14)18-5-4-15(27-18)12-22-6-8-23(9-7-22)19(24)16-11-17(16)20(25)26/h1-5,10,16-17H,6-9,11-12H2,(H,25,26)/t16-,17-/m1/s1. The van der Waals surface area contributed by atoms with Crippen LogP contribution in [0.4, 0.5) is 4.39 Å². The van der Waals surface area contributed by atoms with Gasteiger partial charge >= 0.3 is 5.97 Å². The molecule has 5 nitrogen and oxygen atoms in total. The lowest BCUT2D eigenvalue weighted by Crippen LogP contribution is -2.48. The molecule has 4 rings (SSSR count). The van der Waals surface area contributed by atoms with E-state index in [9.17, 15) is 14.0 Å². The van der Waals surface area contributed by atoms with Gasteiger partial charge in [-0.05, 0) is 36.2 Å². The molecule has 142 valence electrons.